The maximum atomic E-state index is 11.9. The Morgan fingerprint density at radius 1 is 1.11 bits per heavy atom. The van der Waals surface area contributed by atoms with Crippen LogP contribution in [-0.4, -0.2) is 24.0 Å². The molecular formula is C13H26N2O3. The van der Waals surface area contributed by atoms with Crippen molar-refractivity contribution in [2.24, 2.45) is 22.3 Å². The van der Waals surface area contributed by atoms with Crippen LogP contribution in [0.15, 0.2) is 0 Å². The van der Waals surface area contributed by atoms with E-state index < -0.39 is 23.5 Å². The summed E-state index contributed by atoms with van der Waals surface area (Å²) in [5, 5.41) is 0. The summed E-state index contributed by atoms with van der Waals surface area (Å²) >= 11 is 0. The number of hydrogen-bond acceptors (Lipinski definition) is 4. The van der Waals surface area contributed by atoms with Crippen molar-refractivity contribution in [2.75, 3.05) is 0 Å². The third-order valence-corrected chi connectivity index (χ3v) is 2.67. The Labute approximate surface area is 109 Å². The Hall–Kier alpha value is -1.10. The fraction of sp³-hybridized carbons (Fsp3) is 0.846. The Morgan fingerprint density at radius 3 is 1.83 bits per heavy atom. The van der Waals surface area contributed by atoms with Crippen LogP contribution in [0.5, 0.6) is 0 Å². The molecule has 18 heavy (non-hydrogen) atoms. The number of carbonyl (C=O) groups excluding carboxylic acids is 2. The van der Waals surface area contributed by atoms with Crippen LogP contribution in [0.25, 0.3) is 0 Å². The quantitative estimate of drug-likeness (QED) is 0.740. The van der Waals surface area contributed by atoms with Gasteiger partial charge in [-0.15, -0.1) is 0 Å². The van der Waals surface area contributed by atoms with Crippen molar-refractivity contribution in [3.8, 4) is 0 Å². The third kappa shape index (κ3) is 5.49. The molecule has 0 aromatic carbocycles. The molecule has 0 aromatic heterocycles. The first-order valence-electron chi connectivity index (χ1n) is 6.10. The summed E-state index contributed by atoms with van der Waals surface area (Å²) in [6.45, 7) is 11.0. The highest BCUT2D eigenvalue weighted by Crippen LogP contribution is 2.25. The molecule has 0 rings (SSSR count). The average Bonchev–Trinajstić information content (AvgIpc) is 2.11. The van der Waals surface area contributed by atoms with Crippen molar-refractivity contribution in [3.63, 3.8) is 0 Å². The molecule has 0 heterocycles. The first-order valence-corrected chi connectivity index (χ1v) is 6.10. The third-order valence-electron chi connectivity index (χ3n) is 2.67. The van der Waals surface area contributed by atoms with Crippen LogP contribution in [0.3, 0.4) is 0 Å². The predicted octanol–water partition coefficient (Wildman–Crippen LogP) is 1.19. The van der Waals surface area contributed by atoms with Gasteiger partial charge in [0.1, 0.15) is 6.10 Å². The van der Waals surface area contributed by atoms with Crippen LogP contribution < -0.4 is 11.5 Å². The molecular weight excluding hydrogens is 232 g/mol. The molecule has 0 radical (unpaired) electrons. The maximum Gasteiger partial charge on any atom is 0.311 e. The van der Waals surface area contributed by atoms with Crippen LogP contribution in [0.2, 0.25) is 0 Å². The summed E-state index contributed by atoms with van der Waals surface area (Å²) in [6, 6.07) is -0.448. The van der Waals surface area contributed by atoms with E-state index in [9.17, 15) is 9.59 Å². The number of hydrogen-bond donors (Lipinski definition) is 2. The van der Waals surface area contributed by atoms with Gasteiger partial charge in [0, 0.05) is 6.04 Å². The second kappa shape index (κ2) is 5.69. The molecule has 0 aliphatic rings. The van der Waals surface area contributed by atoms with Crippen molar-refractivity contribution >= 4 is 11.9 Å². The van der Waals surface area contributed by atoms with E-state index in [1.165, 1.54) is 0 Å². The molecule has 0 saturated carbocycles. The molecule has 0 aliphatic carbocycles. The van der Waals surface area contributed by atoms with Gasteiger partial charge in [0.15, 0.2) is 0 Å². The number of amides is 1. The Bertz CT molecular complexity index is 313. The van der Waals surface area contributed by atoms with E-state index in [0.717, 1.165) is 0 Å². The molecule has 1 amide bonds. The Morgan fingerprint density at radius 2 is 1.56 bits per heavy atom. The molecule has 2 atom stereocenters. The van der Waals surface area contributed by atoms with E-state index in [1.54, 1.807) is 20.8 Å². The standard InChI is InChI=1S/C13H26N2O3/c1-12(2,3)10(15)8(7-9(14)16)18-11(17)13(4,5)6/h8,10H,7,15H2,1-6H3,(H2,14,16). The number of esters is 1. The largest absolute Gasteiger partial charge is 0.460 e. The molecule has 0 aromatic rings. The van der Waals surface area contributed by atoms with Crippen LogP contribution >= 0.6 is 0 Å². The van der Waals surface area contributed by atoms with E-state index in [2.05, 4.69) is 0 Å². The summed E-state index contributed by atoms with van der Waals surface area (Å²) in [4.78, 5) is 22.9. The van der Waals surface area contributed by atoms with Gasteiger partial charge < -0.3 is 16.2 Å². The summed E-state index contributed by atoms with van der Waals surface area (Å²) < 4.78 is 5.35. The molecule has 4 N–H and O–H groups in total. The minimum Gasteiger partial charge on any atom is -0.460 e. The van der Waals surface area contributed by atoms with Gasteiger partial charge in [-0.1, -0.05) is 20.8 Å². The zero-order valence-corrected chi connectivity index (χ0v) is 12.2. The Kier molecular flexibility index (Phi) is 5.35. The molecule has 2 unspecified atom stereocenters. The van der Waals surface area contributed by atoms with Gasteiger partial charge in [0.2, 0.25) is 5.91 Å². The maximum absolute atomic E-state index is 11.9. The van der Waals surface area contributed by atoms with Crippen molar-refractivity contribution in [2.45, 2.75) is 60.1 Å². The molecule has 0 bridgehead atoms. The monoisotopic (exact) mass is 258 g/mol. The second-order valence-electron chi connectivity index (χ2n) is 6.76. The van der Waals surface area contributed by atoms with Gasteiger partial charge in [0.05, 0.1) is 11.8 Å². The molecule has 0 fully saturated rings. The molecule has 5 heteroatoms. The minimum atomic E-state index is -0.686. The first-order chi connectivity index (χ1) is 7.85. The van der Waals surface area contributed by atoms with E-state index in [1.807, 2.05) is 20.8 Å². The summed E-state index contributed by atoms with van der Waals surface area (Å²) in [7, 11) is 0. The molecule has 106 valence electrons. The summed E-state index contributed by atoms with van der Waals surface area (Å²) in [5.74, 6) is -0.908. The van der Waals surface area contributed by atoms with Gasteiger partial charge in [-0.25, -0.2) is 0 Å². The summed E-state index contributed by atoms with van der Waals surface area (Å²) in [6.07, 6.45) is -0.741. The van der Waals surface area contributed by atoms with Crippen molar-refractivity contribution in [3.05, 3.63) is 0 Å². The number of rotatable bonds is 4. The smallest absolute Gasteiger partial charge is 0.311 e. The SMILES string of the molecule is CC(C)(C)C(=O)OC(CC(N)=O)C(N)C(C)(C)C. The highest BCUT2D eigenvalue weighted by molar-refractivity contribution is 5.77. The number of carbonyl (C=O) groups is 2. The van der Waals surface area contributed by atoms with Gasteiger partial charge in [0.25, 0.3) is 0 Å². The normalized spacial score (nSPS) is 15.9. The first kappa shape index (κ1) is 16.9. The fourth-order valence-corrected chi connectivity index (χ4v) is 1.31. The minimum absolute atomic E-state index is 0.0553. The second-order valence-corrected chi connectivity index (χ2v) is 6.76. The van der Waals surface area contributed by atoms with Crippen LogP contribution in [-0.2, 0) is 14.3 Å². The fourth-order valence-electron chi connectivity index (χ4n) is 1.31. The van der Waals surface area contributed by atoms with Gasteiger partial charge in [-0.2, -0.15) is 0 Å². The molecule has 0 saturated heterocycles. The van der Waals surface area contributed by atoms with Crippen LogP contribution in [0.1, 0.15) is 48.0 Å². The van der Waals surface area contributed by atoms with Crippen molar-refractivity contribution < 1.29 is 14.3 Å². The van der Waals surface area contributed by atoms with E-state index >= 15 is 0 Å². The summed E-state index contributed by atoms with van der Waals surface area (Å²) in [5.41, 5.74) is 10.3. The average molecular weight is 258 g/mol. The van der Waals surface area contributed by atoms with Gasteiger partial charge >= 0.3 is 5.97 Å². The zero-order valence-electron chi connectivity index (χ0n) is 12.2. The topological polar surface area (TPSA) is 95.4 Å². The number of nitrogens with two attached hydrogens (primary N) is 2. The van der Waals surface area contributed by atoms with E-state index in [-0.39, 0.29) is 17.8 Å². The highest BCUT2D eigenvalue weighted by Gasteiger charge is 2.35. The van der Waals surface area contributed by atoms with Gasteiger partial charge in [-0.05, 0) is 26.2 Å². The number of primary amides is 1. The highest BCUT2D eigenvalue weighted by atomic mass is 16.5. The Balaban J connectivity index is 4.92. The van der Waals surface area contributed by atoms with E-state index in [4.69, 9.17) is 16.2 Å². The lowest BCUT2D eigenvalue weighted by atomic mass is 9.82. The van der Waals surface area contributed by atoms with Crippen molar-refractivity contribution in [1.82, 2.24) is 0 Å². The zero-order chi connectivity index (χ0) is 14.7. The lowest BCUT2D eigenvalue weighted by molar-refractivity contribution is -0.162. The van der Waals surface area contributed by atoms with E-state index in [0.29, 0.717) is 0 Å². The van der Waals surface area contributed by atoms with Crippen LogP contribution in [0.4, 0.5) is 0 Å². The van der Waals surface area contributed by atoms with Crippen LogP contribution in [0, 0.1) is 10.8 Å². The lowest BCUT2D eigenvalue weighted by Gasteiger charge is -2.34. The molecule has 0 aliphatic heterocycles. The molecule has 0 spiro atoms. The molecule has 5 nitrogen and oxygen atoms in total. The van der Waals surface area contributed by atoms with Crippen molar-refractivity contribution in [1.29, 1.82) is 0 Å². The predicted molar refractivity (Wildman–Crippen MR) is 70.6 cm³/mol. The number of ether oxygens (including phenoxy) is 1. The lowest BCUT2D eigenvalue weighted by Crippen LogP contribution is -2.49. The van der Waals surface area contributed by atoms with Gasteiger partial charge in [-0.3, -0.25) is 9.59 Å².